The molecule has 1 aromatic heterocycles. The summed E-state index contributed by atoms with van der Waals surface area (Å²) in [7, 11) is 0. The van der Waals surface area contributed by atoms with Crippen LogP contribution >= 0.6 is 0 Å². The second-order valence-electron chi connectivity index (χ2n) is 5.67. The fraction of sp³-hybridized carbons (Fsp3) is 0.769. The van der Waals surface area contributed by atoms with Crippen molar-refractivity contribution in [1.82, 2.24) is 15.0 Å². The van der Waals surface area contributed by atoms with E-state index in [1.54, 1.807) is 0 Å². The molecule has 3 N–H and O–H groups in total. The number of hydrogen-bond acceptors (Lipinski definition) is 8. The molecule has 0 aromatic carbocycles. The number of ether oxygens (including phenoxy) is 2. The summed E-state index contributed by atoms with van der Waals surface area (Å²) in [6.07, 6.45) is 2.13. The van der Waals surface area contributed by atoms with Gasteiger partial charge in [0.05, 0.1) is 18.8 Å². The van der Waals surface area contributed by atoms with Crippen LogP contribution in [0.5, 0.6) is 0 Å². The first kappa shape index (κ1) is 14.3. The number of nitrogen functional groups attached to an aromatic ring is 1. The Kier molecular flexibility index (Phi) is 4.07. The smallest absolute Gasteiger partial charge is 0.232 e. The van der Waals surface area contributed by atoms with E-state index in [1.807, 2.05) is 0 Å². The molecule has 3 rings (SSSR count). The molecule has 0 amide bonds. The van der Waals surface area contributed by atoms with Gasteiger partial charge >= 0.3 is 0 Å². The highest BCUT2D eigenvalue weighted by Crippen LogP contribution is 2.25. The van der Waals surface area contributed by atoms with Crippen molar-refractivity contribution in [3.8, 4) is 0 Å². The first-order valence-electron chi connectivity index (χ1n) is 7.37. The van der Waals surface area contributed by atoms with Crippen molar-refractivity contribution < 1.29 is 9.47 Å². The maximum atomic E-state index is 5.79. The molecule has 1 aromatic rings. The van der Waals surface area contributed by atoms with Crippen LogP contribution in [0.2, 0.25) is 0 Å². The van der Waals surface area contributed by atoms with Gasteiger partial charge in [-0.15, -0.1) is 0 Å². The number of nitrogens with zero attached hydrogens (tertiary/aromatic N) is 4. The normalized spacial score (nSPS) is 26.0. The second kappa shape index (κ2) is 5.98. The van der Waals surface area contributed by atoms with Crippen molar-refractivity contribution in [3.63, 3.8) is 0 Å². The summed E-state index contributed by atoms with van der Waals surface area (Å²) in [4.78, 5) is 14.9. The summed E-state index contributed by atoms with van der Waals surface area (Å²) in [5, 5.41) is 3.22. The first-order chi connectivity index (χ1) is 10.1. The van der Waals surface area contributed by atoms with Crippen LogP contribution in [0.15, 0.2) is 0 Å². The van der Waals surface area contributed by atoms with E-state index in [2.05, 4.69) is 32.1 Å². The van der Waals surface area contributed by atoms with Crippen molar-refractivity contribution in [2.45, 2.75) is 25.4 Å². The quantitative estimate of drug-likeness (QED) is 0.816. The summed E-state index contributed by atoms with van der Waals surface area (Å²) in [6, 6.07) is 0. The number of anilines is 3. The minimum absolute atomic E-state index is 0.152. The van der Waals surface area contributed by atoms with Crippen molar-refractivity contribution in [2.75, 3.05) is 55.4 Å². The van der Waals surface area contributed by atoms with Crippen LogP contribution in [0.1, 0.15) is 19.8 Å². The Morgan fingerprint density at radius 3 is 2.76 bits per heavy atom. The average Bonchev–Trinajstić information content (AvgIpc) is 2.93. The van der Waals surface area contributed by atoms with Crippen molar-refractivity contribution in [1.29, 1.82) is 0 Å². The number of aromatic nitrogens is 3. The lowest BCUT2D eigenvalue weighted by atomic mass is 10.0. The average molecular weight is 294 g/mol. The molecular formula is C13H22N6O2. The van der Waals surface area contributed by atoms with Crippen molar-refractivity contribution in [3.05, 3.63) is 0 Å². The van der Waals surface area contributed by atoms with Crippen LogP contribution in [-0.4, -0.2) is 60.0 Å². The summed E-state index contributed by atoms with van der Waals surface area (Å²) >= 11 is 0. The van der Waals surface area contributed by atoms with Crippen LogP contribution in [-0.2, 0) is 9.47 Å². The largest absolute Gasteiger partial charge is 0.378 e. The van der Waals surface area contributed by atoms with Crippen LogP contribution < -0.4 is 16.0 Å². The molecule has 2 aliphatic rings. The molecule has 3 heterocycles. The van der Waals surface area contributed by atoms with Gasteiger partial charge in [-0.3, -0.25) is 0 Å². The van der Waals surface area contributed by atoms with Crippen molar-refractivity contribution in [2.24, 2.45) is 0 Å². The molecule has 8 heteroatoms. The van der Waals surface area contributed by atoms with Gasteiger partial charge in [-0.1, -0.05) is 0 Å². The summed E-state index contributed by atoms with van der Waals surface area (Å²) in [6.45, 7) is 6.48. The molecular weight excluding hydrogens is 272 g/mol. The van der Waals surface area contributed by atoms with E-state index in [9.17, 15) is 0 Å². The van der Waals surface area contributed by atoms with Gasteiger partial charge in [0.15, 0.2) is 0 Å². The van der Waals surface area contributed by atoms with Crippen LogP contribution in [0, 0.1) is 0 Å². The summed E-state index contributed by atoms with van der Waals surface area (Å²) < 4.78 is 11.1. The van der Waals surface area contributed by atoms with Gasteiger partial charge in [-0.05, 0) is 19.8 Å². The van der Waals surface area contributed by atoms with Crippen LogP contribution in [0.3, 0.4) is 0 Å². The number of rotatable bonds is 4. The SMILES string of the molecule is CC1(CNc2nc(N)nc(N3CCOCC3)n2)CCCO1. The lowest BCUT2D eigenvalue weighted by Crippen LogP contribution is -2.38. The summed E-state index contributed by atoms with van der Waals surface area (Å²) in [5.74, 6) is 1.33. The van der Waals surface area contributed by atoms with E-state index in [0.717, 1.165) is 32.5 Å². The molecule has 0 aliphatic carbocycles. The van der Waals surface area contributed by atoms with Gasteiger partial charge in [0.1, 0.15) is 0 Å². The highest BCUT2D eigenvalue weighted by atomic mass is 16.5. The fourth-order valence-electron chi connectivity index (χ4n) is 2.61. The van der Waals surface area contributed by atoms with E-state index >= 15 is 0 Å². The Morgan fingerprint density at radius 2 is 2.05 bits per heavy atom. The van der Waals surface area contributed by atoms with Gasteiger partial charge in [-0.2, -0.15) is 15.0 Å². The molecule has 1 atom stereocenters. The van der Waals surface area contributed by atoms with E-state index in [1.165, 1.54) is 0 Å². The zero-order valence-electron chi connectivity index (χ0n) is 12.3. The standard InChI is InChI=1S/C13H22N6O2/c1-13(3-2-6-21-13)9-15-11-16-10(14)17-12(18-11)19-4-7-20-8-5-19/h2-9H2,1H3,(H3,14,15,16,17,18). The zero-order chi connectivity index (χ0) is 14.7. The van der Waals surface area contributed by atoms with E-state index in [-0.39, 0.29) is 11.5 Å². The maximum absolute atomic E-state index is 5.79. The Bertz CT molecular complexity index is 486. The molecule has 21 heavy (non-hydrogen) atoms. The monoisotopic (exact) mass is 294 g/mol. The Balaban J connectivity index is 1.68. The first-order valence-corrected chi connectivity index (χ1v) is 7.37. The number of hydrogen-bond donors (Lipinski definition) is 2. The number of nitrogens with one attached hydrogen (secondary N) is 1. The Labute approximate surface area is 124 Å². The molecule has 8 nitrogen and oxygen atoms in total. The van der Waals surface area contributed by atoms with Gasteiger partial charge < -0.3 is 25.4 Å². The molecule has 0 radical (unpaired) electrons. The maximum Gasteiger partial charge on any atom is 0.232 e. The Hall–Kier alpha value is -1.67. The molecule has 1 unspecified atom stereocenters. The molecule has 2 aliphatic heterocycles. The van der Waals surface area contributed by atoms with Crippen LogP contribution in [0.25, 0.3) is 0 Å². The summed E-state index contributed by atoms with van der Waals surface area (Å²) in [5.41, 5.74) is 5.64. The second-order valence-corrected chi connectivity index (χ2v) is 5.67. The highest BCUT2D eigenvalue weighted by Gasteiger charge is 2.29. The molecule has 0 bridgehead atoms. The van der Waals surface area contributed by atoms with Gasteiger partial charge in [0, 0.05) is 26.2 Å². The minimum Gasteiger partial charge on any atom is -0.378 e. The predicted octanol–water partition coefficient (Wildman–Crippen LogP) is 0.271. The lowest BCUT2D eigenvalue weighted by Gasteiger charge is -2.27. The van der Waals surface area contributed by atoms with E-state index in [4.69, 9.17) is 15.2 Å². The van der Waals surface area contributed by atoms with Gasteiger partial charge in [-0.25, -0.2) is 0 Å². The van der Waals surface area contributed by atoms with Crippen molar-refractivity contribution >= 4 is 17.8 Å². The lowest BCUT2D eigenvalue weighted by molar-refractivity contribution is 0.0314. The molecule has 0 spiro atoms. The highest BCUT2D eigenvalue weighted by molar-refractivity contribution is 5.42. The van der Waals surface area contributed by atoms with Gasteiger partial charge in [0.2, 0.25) is 17.8 Å². The number of nitrogens with two attached hydrogens (primary N) is 1. The predicted molar refractivity (Wildman–Crippen MR) is 79.4 cm³/mol. The third kappa shape index (κ3) is 3.51. The fourth-order valence-corrected chi connectivity index (χ4v) is 2.61. The molecule has 2 saturated heterocycles. The molecule has 0 saturated carbocycles. The minimum atomic E-state index is -0.152. The van der Waals surface area contributed by atoms with E-state index in [0.29, 0.717) is 31.7 Å². The number of morpholine rings is 1. The van der Waals surface area contributed by atoms with Crippen LogP contribution in [0.4, 0.5) is 17.8 Å². The molecule has 2 fully saturated rings. The van der Waals surface area contributed by atoms with Gasteiger partial charge in [0.25, 0.3) is 0 Å². The molecule has 116 valence electrons. The Morgan fingerprint density at radius 1 is 1.24 bits per heavy atom. The third-order valence-electron chi connectivity index (χ3n) is 3.86. The topological polar surface area (TPSA) is 98.4 Å². The zero-order valence-corrected chi connectivity index (χ0v) is 12.3. The van der Waals surface area contributed by atoms with E-state index < -0.39 is 0 Å². The third-order valence-corrected chi connectivity index (χ3v) is 3.86.